The molecule has 27 heavy (non-hydrogen) atoms. The molecular formula is C21H19ClN2O3. The standard InChI is InChI=1S/C21H19ClN2O3/c22-18-7-8-19-17(13-18)12-15(14-27-19)6-9-20(25)23-10-11-24-21(26)16-4-2-1-3-5-16/h1-9,12-13H,10-11,14H2,(H,23,25)(H,24,26)/b9-6+. The van der Waals surface area contributed by atoms with Gasteiger partial charge in [0.15, 0.2) is 0 Å². The number of ether oxygens (including phenoxy) is 1. The topological polar surface area (TPSA) is 67.4 Å². The van der Waals surface area contributed by atoms with Gasteiger partial charge in [0.1, 0.15) is 12.4 Å². The molecule has 0 fully saturated rings. The number of rotatable bonds is 6. The zero-order chi connectivity index (χ0) is 19.1. The fourth-order valence-electron chi connectivity index (χ4n) is 2.56. The lowest BCUT2D eigenvalue weighted by Gasteiger charge is -2.16. The summed E-state index contributed by atoms with van der Waals surface area (Å²) in [5, 5.41) is 6.12. The highest BCUT2D eigenvalue weighted by Gasteiger charge is 2.10. The van der Waals surface area contributed by atoms with Crippen LogP contribution < -0.4 is 15.4 Å². The van der Waals surface area contributed by atoms with Crippen molar-refractivity contribution in [3.05, 3.63) is 82.4 Å². The number of hydrogen-bond donors (Lipinski definition) is 2. The fourth-order valence-corrected chi connectivity index (χ4v) is 2.74. The summed E-state index contributed by atoms with van der Waals surface area (Å²) in [6.45, 7) is 1.09. The summed E-state index contributed by atoms with van der Waals surface area (Å²) in [6.07, 6.45) is 5.10. The quantitative estimate of drug-likeness (QED) is 0.595. The average Bonchev–Trinajstić information content (AvgIpc) is 2.69. The van der Waals surface area contributed by atoms with E-state index in [1.807, 2.05) is 24.3 Å². The van der Waals surface area contributed by atoms with Gasteiger partial charge in [-0.3, -0.25) is 9.59 Å². The van der Waals surface area contributed by atoms with Gasteiger partial charge in [-0.15, -0.1) is 0 Å². The van der Waals surface area contributed by atoms with Crippen molar-refractivity contribution in [3.8, 4) is 5.75 Å². The Labute approximate surface area is 162 Å². The van der Waals surface area contributed by atoms with E-state index in [9.17, 15) is 9.59 Å². The van der Waals surface area contributed by atoms with Crippen molar-refractivity contribution in [3.63, 3.8) is 0 Å². The third kappa shape index (κ3) is 5.46. The predicted molar refractivity (Wildman–Crippen MR) is 106 cm³/mol. The van der Waals surface area contributed by atoms with E-state index in [1.165, 1.54) is 6.08 Å². The average molecular weight is 383 g/mol. The SMILES string of the molecule is O=C(/C=C/C1=Cc2cc(Cl)ccc2OC1)NCCNC(=O)c1ccccc1. The molecule has 2 aromatic carbocycles. The molecule has 3 rings (SSSR count). The first-order valence-electron chi connectivity index (χ1n) is 8.54. The summed E-state index contributed by atoms with van der Waals surface area (Å²) in [4.78, 5) is 23.8. The predicted octanol–water partition coefficient (Wildman–Crippen LogP) is 3.22. The number of benzene rings is 2. The second-order valence-corrected chi connectivity index (χ2v) is 6.37. The van der Waals surface area contributed by atoms with Crippen LogP contribution in [0, 0.1) is 0 Å². The number of halogens is 1. The van der Waals surface area contributed by atoms with Crippen LogP contribution >= 0.6 is 11.6 Å². The maximum Gasteiger partial charge on any atom is 0.251 e. The van der Waals surface area contributed by atoms with E-state index in [4.69, 9.17) is 16.3 Å². The Morgan fingerprint density at radius 1 is 1.07 bits per heavy atom. The zero-order valence-electron chi connectivity index (χ0n) is 14.6. The van der Waals surface area contributed by atoms with E-state index < -0.39 is 0 Å². The molecule has 2 amide bonds. The van der Waals surface area contributed by atoms with Crippen molar-refractivity contribution >= 4 is 29.5 Å². The van der Waals surface area contributed by atoms with E-state index >= 15 is 0 Å². The van der Waals surface area contributed by atoms with Crippen LogP contribution in [0.2, 0.25) is 5.02 Å². The zero-order valence-corrected chi connectivity index (χ0v) is 15.3. The molecule has 138 valence electrons. The largest absolute Gasteiger partial charge is 0.488 e. The molecule has 6 heteroatoms. The molecule has 1 aliphatic heterocycles. The Bertz CT molecular complexity index is 892. The first kappa shape index (κ1) is 18.7. The highest BCUT2D eigenvalue weighted by Crippen LogP contribution is 2.29. The van der Waals surface area contributed by atoms with Gasteiger partial charge in [-0.2, -0.15) is 0 Å². The maximum atomic E-state index is 11.9. The molecule has 2 N–H and O–H groups in total. The molecule has 0 radical (unpaired) electrons. The third-order valence-electron chi connectivity index (χ3n) is 3.90. The number of carbonyl (C=O) groups excluding carboxylic acids is 2. The van der Waals surface area contributed by atoms with Crippen LogP contribution in [-0.2, 0) is 4.79 Å². The van der Waals surface area contributed by atoms with E-state index in [-0.39, 0.29) is 11.8 Å². The van der Waals surface area contributed by atoms with Gasteiger partial charge in [0.2, 0.25) is 5.91 Å². The molecule has 0 unspecified atom stereocenters. The Balaban J connectivity index is 1.44. The van der Waals surface area contributed by atoms with Crippen LogP contribution in [0.15, 0.2) is 66.3 Å². The second kappa shape index (κ2) is 9.05. The van der Waals surface area contributed by atoms with Gasteiger partial charge in [-0.1, -0.05) is 35.9 Å². The van der Waals surface area contributed by atoms with Crippen molar-refractivity contribution in [1.82, 2.24) is 10.6 Å². The summed E-state index contributed by atoms with van der Waals surface area (Å²) in [7, 11) is 0. The number of fused-ring (bicyclic) bond motifs is 1. The Morgan fingerprint density at radius 2 is 1.85 bits per heavy atom. The minimum atomic E-state index is -0.234. The van der Waals surface area contributed by atoms with Gasteiger partial charge in [-0.25, -0.2) is 0 Å². The number of amides is 2. The van der Waals surface area contributed by atoms with Crippen LogP contribution in [0.3, 0.4) is 0 Å². The van der Waals surface area contributed by atoms with Crippen LogP contribution in [0.4, 0.5) is 0 Å². The highest BCUT2D eigenvalue weighted by molar-refractivity contribution is 6.30. The Kier molecular flexibility index (Phi) is 6.28. The Hall–Kier alpha value is -3.05. The molecule has 0 spiro atoms. The molecule has 0 saturated heterocycles. The number of carbonyl (C=O) groups is 2. The molecule has 1 aliphatic rings. The minimum absolute atomic E-state index is 0.165. The van der Waals surface area contributed by atoms with Crippen LogP contribution in [0.5, 0.6) is 5.75 Å². The summed E-state index contributed by atoms with van der Waals surface area (Å²) in [6, 6.07) is 14.4. The van der Waals surface area contributed by atoms with Crippen molar-refractivity contribution < 1.29 is 14.3 Å². The van der Waals surface area contributed by atoms with Gasteiger partial charge in [0.25, 0.3) is 5.91 Å². The molecule has 0 aliphatic carbocycles. The van der Waals surface area contributed by atoms with Crippen molar-refractivity contribution in [2.24, 2.45) is 0 Å². The van der Waals surface area contributed by atoms with E-state index in [2.05, 4.69) is 10.6 Å². The molecule has 2 aromatic rings. The lowest BCUT2D eigenvalue weighted by Crippen LogP contribution is -2.34. The summed E-state index contributed by atoms with van der Waals surface area (Å²) in [5.74, 6) is 0.374. The lowest BCUT2D eigenvalue weighted by molar-refractivity contribution is -0.116. The molecule has 0 saturated carbocycles. The maximum absolute atomic E-state index is 11.9. The second-order valence-electron chi connectivity index (χ2n) is 5.94. The third-order valence-corrected chi connectivity index (χ3v) is 4.14. The van der Waals surface area contributed by atoms with Gasteiger partial charge in [-0.05, 0) is 42.0 Å². The van der Waals surface area contributed by atoms with Gasteiger partial charge in [0, 0.05) is 35.3 Å². The van der Waals surface area contributed by atoms with Gasteiger partial charge < -0.3 is 15.4 Å². The number of nitrogens with one attached hydrogen (secondary N) is 2. The first-order chi connectivity index (χ1) is 13.1. The normalized spacial score (nSPS) is 12.7. The monoisotopic (exact) mass is 382 g/mol. The molecular weight excluding hydrogens is 364 g/mol. The van der Waals surface area contributed by atoms with Crippen molar-refractivity contribution in [1.29, 1.82) is 0 Å². The number of hydrogen-bond acceptors (Lipinski definition) is 3. The molecule has 0 atom stereocenters. The lowest BCUT2D eigenvalue weighted by atomic mass is 10.1. The minimum Gasteiger partial charge on any atom is -0.488 e. The van der Waals surface area contributed by atoms with Crippen LogP contribution in [0.1, 0.15) is 15.9 Å². The molecule has 1 heterocycles. The summed E-state index contributed by atoms with van der Waals surface area (Å²) < 4.78 is 5.63. The van der Waals surface area contributed by atoms with Crippen LogP contribution in [-0.4, -0.2) is 31.5 Å². The van der Waals surface area contributed by atoms with Crippen molar-refractivity contribution in [2.45, 2.75) is 0 Å². The Morgan fingerprint density at radius 3 is 2.67 bits per heavy atom. The smallest absolute Gasteiger partial charge is 0.251 e. The van der Waals surface area contributed by atoms with E-state index in [0.29, 0.717) is 30.3 Å². The summed E-state index contributed by atoms with van der Waals surface area (Å²) >= 11 is 5.99. The highest BCUT2D eigenvalue weighted by atomic mass is 35.5. The van der Waals surface area contributed by atoms with E-state index in [0.717, 1.165) is 16.9 Å². The first-order valence-corrected chi connectivity index (χ1v) is 8.92. The van der Waals surface area contributed by atoms with Gasteiger partial charge in [0.05, 0.1) is 0 Å². The van der Waals surface area contributed by atoms with E-state index in [1.54, 1.807) is 36.4 Å². The molecule has 5 nitrogen and oxygen atoms in total. The van der Waals surface area contributed by atoms with Crippen molar-refractivity contribution in [2.75, 3.05) is 19.7 Å². The molecule has 0 aromatic heterocycles. The van der Waals surface area contributed by atoms with Gasteiger partial charge >= 0.3 is 0 Å². The summed E-state index contributed by atoms with van der Waals surface area (Å²) in [5.41, 5.74) is 2.35. The van der Waals surface area contributed by atoms with Crippen LogP contribution in [0.25, 0.3) is 6.08 Å². The fraction of sp³-hybridized carbons (Fsp3) is 0.143. The molecule has 0 bridgehead atoms.